The minimum absolute atomic E-state index is 0.0421. The highest BCUT2D eigenvalue weighted by atomic mass is 79.9. The fourth-order valence-corrected chi connectivity index (χ4v) is 3.26. The Hall–Kier alpha value is -1.86. The number of aromatic nitrogens is 1. The van der Waals surface area contributed by atoms with Gasteiger partial charge in [-0.1, -0.05) is 11.8 Å². The van der Waals surface area contributed by atoms with Crippen LogP contribution in [-0.2, 0) is 18.9 Å². The molecule has 1 saturated heterocycles. The molecule has 3 rings (SSSR count). The maximum absolute atomic E-state index is 11.8. The Morgan fingerprint density at radius 3 is 2.53 bits per heavy atom. The molecular formula is C23H31BrN2O6. The number of likely N-dealkylation sites (tertiary alicyclic amines) is 1. The molecule has 0 radical (unpaired) electrons. The number of halogens is 1. The molecule has 32 heavy (non-hydrogen) atoms. The first kappa shape index (κ1) is 24.8. The number of hydrogen-bond donors (Lipinski definition) is 0. The molecule has 2 heterocycles. The Labute approximate surface area is 198 Å². The fraction of sp³-hybridized carbons (Fsp3) is 0.652. The number of hydrogen-bond acceptors (Lipinski definition) is 7. The standard InChI is InChI=1S/C23H31BrN2O6/c1-23(2,3)32-22(27)26-15-20(16-26)30-11-10-28-8-4-5-9-29-18-12-19(13-18)31-21-7-6-17(24)14-25-21/h6-7,14,18-20H,8-13,15-16H2,1-3H3/t18-,19-. The van der Waals surface area contributed by atoms with Gasteiger partial charge in [-0.3, -0.25) is 0 Å². The van der Waals surface area contributed by atoms with Crippen LogP contribution in [0.25, 0.3) is 0 Å². The third kappa shape index (κ3) is 8.58. The van der Waals surface area contributed by atoms with Crippen molar-refractivity contribution in [3.05, 3.63) is 22.8 Å². The van der Waals surface area contributed by atoms with E-state index in [-0.39, 0.29) is 24.4 Å². The Bertz CT molecular complexity index is 789. The summed E-state index contributed by atoms with van der Waals surface area (Å²) in [6.07, 6.45) is 3.50. The van der Waals surface area contributed by atoms with E-state index in [1.54, 1.807) is 11.1 Å². The molecule has 0 unspecified atom stereocenters. The Balaban J connectivity index is 1.12. The van der Waals surface area contributed by atoms with E-state index >= 15 is 0 Å². The van der Waals surface area contributed by atoms with E-state index in [0.29, 0.717) is 45.4 Å². The summed E-state index contributed by atoms with van der Waals surface area (Å²) in [6, 6.07) is 3.76. The summed E-state index contributed by atoms with van der Waals surface area (Å²) in [4.78, 5) is 17.7. The summed E-state index contributed by atoms with van der Waals surface area (Å²) in [6.45, 7) is 8.33. The maximum Gasteiger partial charge on any atom is 0.410 e. The molecule has 8 nitrogen and oxygen atoms in total. The molecule has 1 saturated carbocycles. The average Bonchev–Trinajstić information content (AvgIpc) is 2.65. The Morgan fingerprint density at radius 1 is 1.09 bits per heavy atom. The lowest BCUT2D eigenvalue weighted by atomic mass is 9.92. The van der Waals surface area contributed by atoms with E-state index < -0.39 is 5.60 Å². The van der Waals surface area contributed by atoms with Crippen molar-refractivity contribution in [1.82, 2.24) is 9.88 Å². The van der Waals surface area contributed by atoms with Gasteiger partial charge in [-0.2, -0.15) is 0 Å². The monoisotopic (exact) mass is 510 g/mol. The zero-order chi connectivity index (χ0) is 23.0. The van der Waals surface area contributed by atoms with Crippen LogP contribution in [0.4, 0.5) is 4.79 Å². The SMILES string of the molecule is CC(C)(C)OC(=O)N1CC(OCCOCC#CCO[C@H]2C[C@H](Oc3ccc(Br)cn3)C2)C1. The highest BCUT2D eigenvalue weighted by Crippen LogP contribution is 2.27. The van der Waals surface area contributed by atoms with E-state index in [0.717, 1.165) is 17.3 Å². The molecular weight excluding hydrogens is 480 g/mol. The van der Waals surface area contributed by atoms with Gasteiger partial charge in [0.2, 0.25) is 5.88 Å². The normalized spacial score (nSPS) is 20.6. The van der Waals surface area contributed by atoms with Gasteiger partial charge in [0.1, 0.15) is 24.9 Å². The molecule has 0 N–H and O–H groups in total. The number of ether oxygens (including phenoxy) is 5. The smallest absolute Gasteiger partial charge is 0.410 e. The zero-order valence-electron chi connectivity index (χ0n) is 18.8. The predicted octanol–water partition coefficient (Wildman–Crippen LogP) is 3.43. The third-order valence-corrected chi connectivity index (χ3v) is 5.28. The van der Waals surface area contributed by atoms with E-state index in [1.165, 1.54) is 0 Å². The molecule has 0 atom stereocenters. The molecule has 0 aromatic carbocycles. The van der Waals surface area contributed by atoms with E-state index in [4.69, 9.17) is 23.7 Å². The second-order valence-electron chi connectivity index (χ2n) is 8.74. The number of rotatable bonds is 9. The van der Waals surface area contributed by atoms with Crippen LogP contribution in [0.3, 0.4) is 0 Å². The first-order valence-electron chi connectivity index (χ1n) is 10.8. The molecule has 1 aromatic heterocycles. The van der Waals surface area contributed by atoms with Gasteiger partial charge in [0.15, 0.2) is 0 Å². The van der Waals surface area contributed by atoms with Crippen LogP contribution in [0.1, 0.15) is 33.6 Å². The number of pyridine rings is 1. The lowest BCUT2D eigenvalue weighted by molar-refractivity contribution is -0.0734. The second kappa shape index (κ2) is 11.8. The lowest BCUT2D eigenvalue weighted by Crippen LogP contribution is -2.56. The van der Waals surface area contributed by atoms with Gasteiger partial charge in [-0.15, -0.1) is 0 Å². The molecule has 0 bridgehead atoms. The van der Waals surface area contributed by atoms with E-state index in [9.17, 15) is 4.79 Å². The summed E-state index contributed by atoms with van der Waals surface area (Å²) in [5.41, 5.74) is -0.476. The van der Waals surface area contributed by atoms with Crippen LogP contribution >= 0.6 is 15.9 Å². The van der Waals surface area contributed by atoms with Crippen molar-refractivity contribution in [2.75, 3.05) is 39.5 Å². The van der Waals surface area contributed by atoms with Crippen molar-refractivity contribution in [2.45, 2.75) is 57.5 Å². The van der Waals surface area contributed by atoms with Gasteiger partial charge in [0.25, 0.3) is 0 Å². The molecule has 2 fully saturated rings. The van der Waals surface area contributed by atoms with Crippen molar-refractivity contribution >= 4 is 22.0 Å². The molecule has 1 aliphatic heterocycles. The van der Waals surface area contributed by atoms with Gasteiger partial charge >= 0.3 is 6.09 Å². The highest BCUT2D eigenvalue weighted by Gasteiger charge is 2.34. The maximum atomic E-state index is 11.8. The second-order valence-corrected chi connectivity index (χ2v) is 9.66. The van der Waals surface area contributed by atoms with Crippen molar-refractivity contribution < 1.29 is 28.5 Å². The molecule has 2 aliphatic rings. The Kier molecular flexibility index (Phi) is 9.17. The number of amides is 1. The van der Waals surface area contributed by atoms with Crippen LogP contribution in [0.5, 0.6) is 5.88 Å². The quantitative estimate of drug-likeness (QED) is 0.371. The first-order chi connectivity index (χ1) is 15.3. The van der Waals surface area contributed by atoms with Gasteiger partial charge in [0.05, 0.1) is 38.5 Å². The fourth-order valence-electron chi connectivity index (χ4n) is 3.03. The van der Waals surface area contributed by atoms with Crippen LogP contribution < -0.4 is 4.74 Å². The summed E-state index contributed by atoms with van der Waals surface area (Å²) in [5.74, 6) is 6.53. The molecule has 9 heteroatoms. The minimum Gasteiger partial charge on any atom is -0.474 e. The number of nitrogens with zero attached hydrogens (tertiary/aromatic N) is 2. The molecule has 176 valence electrons. The Morgan fingerprint density at radius 2 is 1.84 bits per heavy atom. The summed E-state index contributed by atoms with van der Waals surface area (Å²) in [5, 5.41) is 0. The first-order valence-corrected chi connectivity index (χ1v) is 11.6. The van der Waals surface area contributed by atoms with Crippen LogP contribution in [0, 0.1) is 11.8 Å². The van der Waals surface area contributed by atoms with Gasteiger partial charge < -0.3 is 28.6 Å². The zero-order valence-corrected chi connectivity index (χ0v) is 20.4. The number of carbonyl (C=O) groups excluding carboxylic acids is 1. The van der Waals surface area contributed by atoms with Crippen molar-refractivity contribution in [1.29, 1.82) is 0 Å². The average molecular weight is 511 g/mol. The highest BCUT2D eigenvalue weighted by molar-refractivity contribution is 9.10. The van der Waals surface area contributed by atoms with E-state index in [2.05, 4.69) is 32.8 Å². The summed E-state index contributed by atoms with van der Waals surface area (Å²) in [7, 11) is 0. The van der Waals surface area contributed by atoms with Crippen molar-refractivity contribution in [3.63, 3.8) is 0 Å². The summed E-state index contributed by atoms with van der Waals surface area (Å²) < 4.78 is 28.8. The molecule has 1 aromatic rings. The van der Waals surface area contributed by atoms with Crippen LogP contribution in [-0.4, -0.2) is 79.4 Å². The van der Waals surface area contributed by atoms with Crippen LogP contribution in [0.2, 0.25) is 0 Å². The minimum atomic E-state index is -0.476. The predicted molar refractivity (Wildman–Crippen MR) is 121 cm³/mol. The van der Waals surface area contributed by atoms with Gasteiger partial charge in [0, 0.05) is 29.6 Å². The molecule has 0 spiro atoms. The van der Waals surface area contributed by atoms with Gasteiger partial charge in [-0.25, -0.2) is 9.78 Å². The molecule has 1 aliphatic carbocycles. The number of carbonyl (C=O) groups is 1. The van der Waals surface area contributed by atoms with Crippen molar-refractivity contribution in [2.24, 2.45) is 0 Å². The van der Waals surface area contributed by atoms with E-state index in [1.807, 2.05) is 32.9 Å². The largest absolute Gasteiger partial charge is 0.474 e. The summed E-state index contributed by atoms with van der Waals surface area (Å²) >= 11 is 3.35. The topological polar surface area (TPSA) is 79.4 Å². The van der Waals surface area contributed by atoms with Crippen molar-refractivity contribution in [3.8, 4) is 17.7 Å². The lowest BCUT2D eigenvalue weighted by Gasteiger charge is -2.39. The van der Waals surface area contributed by atoms with Crippen LogP contribution in [0.15, 0.2) is 22.8 Å². The van der Waals surface area contributed by atoms with Gasteiger partial charge in [-0.05, 0) is 42.8 Å². The molecule has 1 amide bonds. The third-order valence-electron chi connectivity index (χ3n) is 4.81.